The first-order chi connectivity index (χ1) is 15.5. The van der Waals surface area contributed by atoms with Crippen LogP contribution < -0.4 is 15.0 Å². The molecule has 4 heterocycles. The summed E-state index contributed by atoms with van der Waals surface area (Å²) in [4.78, 5) is 35.7. The predicted octanol–water partition coefficient (Wildman–Crippen LogP) is 1.50. The van der Waals surface area contributed by atoms with Gasteiger partial charge in [-0.1, -0.05) is 18.2 Å². The van der Waals surface area contributed by atoms with Gasteiger partial charge in [0.15, 0.2) is 0 Å². The Kier molecular flexibility index (Phi) is 4.81. The fourth-order valence-electron chi connectivity index (χ4n) is 3.64. The average molecular weight is 432 g/mol. The molecule has 0 unspecified atom stereocenters. The number of pyridine rings is 1. The zero-order valence-electron chi connectivity index (χ0n) is 17.5. The summed E-state index contributed by atoms with van der Waals surface area (Å²) in [6.45, 7) is 2.64. The maximum Gasteiger partial charge on any atom is 0.259 e. The van der Waals surface area contributed by atoms with E-state index in [1.807, 2.05) is 25.1 Å². The third-order valence-corrected chi connectivity index (χ3v) is 5.27. The molecule has 1 aliphatic rings. The van der Waals surface area contributed by atoms with Gasteiger partial charge in [-0.05, 0) is 19.1 Å². The van der Waals surface area contributed by atoms with Crippen molar-refractivity contribution in [1.82, 2.24) is 29.0 Å². The zero-order chi connectivity index (χ0) is 22.2. The van der Waals surface area contributed by atoms with E-state index in [1.54, 1.807) is 23.1 Å². The van der Waals surface area contributed by atoms with Crippen molar-refractivity contribution < 1.29 is 14.3 Å². The Morgan fingerprint density at radius 2 is 1.94 bits per heavy atom. The van der Waals surface area contributed by atoms with Gasteiger partial charge in [-0.2, -0.15) is 14.6 Å². The van der Waals surface area contributed by atoms with Gasteiger partial charge in [0.05, 0.1) is 25.8 Å². The molecule has 10 heteroatoms. The lowest BCUT2D eigenvalue weighted by Crippen LogP contribution is -2.56. The number of aryl methyl sites for hydroxylation is 1. The van der Waals surface area contributed by atoms with Crippen molar-refractivity contribution in [3.63, 3.8) is 0 Å². The van der Waals surface area contributed by atoms with E-state index in [0.29, 0.717) is 36.0 Å². The molecule has 162 valence electrons. The van der Waals surface area contributed by atoms with Crippen molar-refractivity contribution in [2.24, 2.45) is 0 Å². The summed E-state index contributed by atoms with van der Waals surface area (Å²) in [7, 11) is 1.44. The highest BCUT2D eigenvalue weighted by atomic mass is 16.5. The molecule has 0 spiro atoms. The number of rotatable bonds is 5. The second kappa shape index (κ2) is 7.80. The topological polar surface area (TPSA) is 104 Å². The second-order valence-electron chi connectivity index (χ2n) is 7.46. The molecule has 32 heavy (non-hydrogen) atoms. The number of methoxy groups -OCH3 is 1. The molecule has 1 fully saturated rings. The monoisotopic (exact) mass is 432 g/mol. The first-order valence-electron chi connectivity index (χ1n) is 10.0. The smallest absolute Gasteiger partial charge is 0.259 e. The number of ether oxygens (including phenoxy) is 2. The number of likely N-dealkylation sites (tertiary alicyclic amines) is 1. The Morgan fingerprint density at radius 1 is 1.16 bits per heavy atom. The van der Waals surface area contributed by atoms with Crippen LogP contribution in [0.2, 0.25) is 0 Å². The van der Waals surface area contributed by atoms with Crippen LogP contribution in [0.1, 0.15) is 16.1 Å². The van der Waals surface area contributed by atoms with Gasteiger partial charge in [0.1, 0.15) is 18.2 Å². The molecule has 0 saturated carbocycles. The number of aromatic nitrogens is 5. The van der Waals surface area contributed by atoms with Gasteiger partial charge in [-0.3, -0.25) is 14.2 Å². The minimum Gasteiger partial charge on any atom is -0.496 e. The van der Waals surface area contributed by atoms with E-state index >= 15 is 0 Å². The maximum absolute atomic E-state index is 13.2. The highest BCUT2D eigenvalue weighted by molar-refractivity contribution is 5.97. The summed E-state index contributed by atoms with van der Waals surface area (Å²) in [6.07, 6.45) is 2.75. The van der Waals surface area contributed by atoms with Crippen molar-refractivity contribution in [3.8, 4) is 17.3 Å². The maximum atomic E-state index is 13.2. The number of benzene rings is 1. The van der Waals surface area contributed by atoms with E-state index in [-0.39, 0.29) is 23.3 Å². The van der Waals surface area contributed by atoms with Crippen LogP contribution in [0.3, 0.4) is 0 Å². The molecule has 5 rings (SSSR count). The number of carbonyl (C=O) groups excluding carboxylic acids is 1. The van der Waals surface area contributed by atoms with Crippen LogP contribution in [-0.4, -0.2) is 61.3 Å². The Morgan fingerprint density at radius 3 is 2.69 bits per heavy atom. The van der Waals surface area contributed by atoms with E-state index in [0.717, 1.165) is 5.69 Å². The Balaban J connectivity index is 1.35. The number of nitrogens with zero attached hydrogens (tertiary/aromatic N) is 6. The molecule has 0 atom stereocenters. The lowest BCUT2D eigenvalue weighted by atomic mass is 10.1. The van der Waals surface area contributed by atoms with Crippen LogP contribution in [0.15, 0.2) is 59.8 Å². The molecule has 1 saturated heterocycles. The van der Waals surface area contributed by atoms with Crippen LogP contribution in [0.4, 0.5) is 0 Å². The summed E-state index contributed by atoms with van der Waals surface area (Å²) in [6, 6.07) is 12.2. The molecule has 1 amide bonds. The van der Waals surface area contributed by atoms with Gasteiger partial charge in [0.25, 0.3) is 17.2 Å². The van der Waals surface area contributed by atoms with E-state index in [9.17, 15) is 9.59 Å². The van der Waals surface area contributed by atoms with E-state index < -0.39 is 0 Å². The molecular weight excluding hydrogens is 412 g/mol. The molecule has 1 aromatic carbocycles. The normalized spacial score (nSPS) is 13.8. The fraction of sp³-hybridized carbons (Fsp3) is 0.227. The number of amides is 1. The largest absolute Gasteiger partial charge is 0.496 e. The van der Waals surface area contributed by atoms with Crippen LogP contribution in [-0.2, 0) is 0 Å². The molecule has 0 radical (unpaired) electrons. The number of carbonyl (C=O) groups is 1. The van der Waals surface area contributed by atoms with E-state index in [4.69, 9.17) is 9.47 Å². The minimum absolute atomic E-state index is 0.195. The van der Waals surface area contributed by atoms with Gasteiger partial charge in [0, 0.05) is 29.7 Å². The standard InChI is InChI=1S/C22H20N6O4/c1-14-8-20(28-22(25-14)23-13-24-28)32-16-10-26(11-16)21(30)17-12-27(15-6-4-3-5-7-15)19(29)9-18(17)31-2/h3-9,12-13,16H,10-11H2,1-2H3. The second-order valence-corrected chi connectivity index (χ2v) is 7.46. The number of hydrogen-bond acceptors (Lipinski definition) is 7. The Labute approximate surface area is 182 Å². The molecule has 0 aliphatic carbocycles. The van der Waals surface area contributed by atoms with Gasteiger partial charge in [0.2, 0.25) is 5.88 Å². The number of hydrogen-bond donors (Lipinski definition) is 0. The Bertz CT molecular complexity index is 1360. The SMILES string of the molecule is COc1cc(=O)n(-c2ccccc2)cc1C(=O)N1CC(Oc2cc(C)nc3ncnn23)C1. The molecule has 0 bridgehead atoms. The first-order valence-corrected chi connectivity index (χ1v) is 10.0. The minimum atomic E-state index is -0.278. The molecule has 10 nitrogen and oxygen atoms in total. The zero-order valence-corrected chi connectivity index (χ0v) is 17.5. The molecule has 0 N–H and O–H groups in total. The van der Waals surface area contributed by atoms with Crippen LogP contribution in [0.5, 0.6) is 11.6 Å². The molecule has 4 aromatic rings. The summed E-state index contributed by atoms with van der Waals surface area (Å²) in [5.74, 6) is 0.992. The number of para-hydroxylation sites is 1. The summed E-state index contributed by atoms with van der Waals surface area (Å²) < 4.78 is 14.3. The quantitative estimate of drug-likeness (QED) is 0.471. The molecular formula is C22H20N6O4. The summed E-state index contributed by atoms with van der Waals surface area (Å²) in [5.41, 5.74) is 1.47. The molecule has 3 aromatic heterocycles. The van der Waals surface area contributed by atoms with Crippen molar-refractivity contribution >= 4 is 11.7 Å². The van der Waals surface area contributed by atoms with E-state index in [2.05, 4.69) is 15.1 Å². The highest BCUT2D eigenvalue weighted by Crippen LogP contribution is 2.24. The van der Waals surface area contributed by atoms with E-state index in [1.165, 1.54) is 34.8 Å². The van der Waals surface area contributed by atoms with Gasteiger partial charge < -0.3 is 14.4 Å². The van der Waals surface area contributed by atoms with Crippen molar-refractivity contribution in [2.45, 2.75) is 13.0 Å². The van der Waals surface area contributed by atoms with Gasteiger partial charge >= 0.3 is 0 Å². The summed E-state index contributed by atoms with van der Waals surface area (Å²) in [5, 5.41) is 4.13. The third kappa shape index (κ3) is 3.45. The predicted molar refractivity (Wildman–Crippen MR) is 114 cm³/mol. The van der Waals surface area contributed by atoms with Crippen molar-refractivity contribution in [1.29, 1.82) is 0 Å². The van der Waals surface area contributed by atoms with Gasteiger partial charge in [-0.25, -0.2) is 4.98 Å². The highest BCUT2D eigenvalue weighted by Gasteiger charge is 2.35. The van der Waals surface area contributed by atoms with Crippen molar-refractivity contribution in [3.05, 3.63) is 76.6 Å². The lowest BCUT2D eigenvalue weighted by molar-refractivity contribution is 0.0148. The fourth-order valence-corrected chi connectivity index (χ4v) is 3.64. The third-order valence-electron chi connectivity index (χ3n) is 5.27. The number of fused-ring (bicyclic) bond motifs is 1. The first kappa shape index (κ1) is 19.7. The van der Waals surface area contributed by atoms with Crippen LogP contribution in [0.25, 0.3) is 11.5 Å². The Hall–Kier alpha value is -4.21. The average Bonchev–Trinajstić information content (AvgIpc) is 3.24. The van der Waals surface area contributed by atoms with Crippen LogP contribution >= 0.6 is 0 Å². The van der Waals surface area contributed by atoms with Crippen LogP contribution in [0, 0.1) is 6.92 Å². The van der Waals surface area contributed by atoms with Gasteiger partial charge in [-0.15, -0.1) is 0 Å². The summed E-state index contributed by atoms with van der Waals surface area (Å²) >= 11 is 0. The van der Waals surface area contributed by atoms with Crippen molar-refractivity contribution in [2.75, 3.05) is 20.2 Å². The lowest BCUT2D eigenvalue weighted by Gasteiger charge is -2.39. The molecule has 1 aliphatic heterocycles.